The molecule has 0 bridgehead atoms. The predicted molar refractivity (Wildman–Crippen MR) is 100 cm³/mol. The topological polar surface area (TPSA) is 85.9 Å². The third kappa shape index (κ3) is 6.46. The summed E-state index contributed by atoms with van der Waals surface area (Å²) in [5.41, 5.74) is 4.43. The summed E-state index contributed by atoms with van der Waals surface area (Å²) in [6.45, 7) is 3.63. The van der Waals surface area contributed by atoms with Crippen molar-refractivity contribution in [1.29, 1.82) is 0 Å². The van der Waals surface area contributed by atoms with Crippen LogP contribution in [0.2, 0.25) is 0 Å². The second kappa shape index (κ2) is 10.8. The molecule has 1 atom stereocenters. The van der Waals surface area contributed by atoms with E-state index in [4.69, 9.17) is 14.2 Å². The smallest absolute Gasteiger partial charge is 0.279 e. The molecule has 8 heteroatoms. The number of hydrogen-bond donors (Lipinski definition) is 2. The highest BCUT2D eigenvalue weighted by Gasteiger charge is 2.17. The van der Waals surface area contributed by atoms with Crippen LogP contribution < -0.4 is 25.1 Å². The van der Waals surface area contributed by atoms with Crippen LogP contribution in [0.4, 0.5) is 4.39 Å². The normalized spacial score (nSPS) is 11.2. The maximum absolute atomic E-state index is 13.5. The zero-order chi connectivity index (χ0) is 20.4. The van der Waals surface area contributed by atoms with Gasteiger partial charge in [-0.1, -0.05) is 31.2 Å². The van der Waals surface area contributed by atoms with Crippen LogP contribution in [-0.4, -0.2) is 31.1 Å². The van der Waals surface area contributed by atoms with Gasteiger partial charge >= 0.3 is 0 Å². The minimum Gasteiger partial charge on any atom is -0.490 e. The van der Waals surface area contributed by atoms with Gasteiger partial charge in [0.15, 0.2) is 35.8 Å². The van der Waals surface area contributed by atoms with Crippen molar-refractivity contribution in [2.45, 2.75) is 26.4 Å². The summed E-state index contributed by atoms with van der Waals surface area (Å²) in [5, 5.41) is 0. The molecule has 0 unspecified atom stereocenters. The Hall–Kier alpha value is -3.29. The summed E-state index contributed by atoms with van der Waals surface area (Å²) in [7, 11) is 0. The highest BCUT2D eigenvalue weighted by atomic mass is 19.1. The lowest BCUT2D eigenvalue weighted by molar-refractivity contribution is -0.133. The lowest BCUT2D eigenvalue weighted by Crippen LogP contribution is -2.48. The molecule has 0 aromatic heterocycles. The summed E-state index contributed by atoms with van der Waals surface area (Å²) in [4.78, 5) is 23.9. The summed E-state index contributed by atoms with van der Waals surface area (Å²) in [5.74, 6) is -0.881. The van der Waals surface area contributed by atoms with E-state index in [1.807, 2.05) is 6.92 Å². The molecule has 2 aromatic carbocycles. The molecule has 0 saturated heterocycles. The van der Waals surface area contributed by atoms with Gasteiger partial charge in [-0.3, -0.25) is 20.4 Å². The first-order valence-corrected chi connectivity index (χ1v) is 8.85. The summed E-state index contributed by atoms with van der Waals surface area (Å²) < 4.78 is 29.8. The molecule has 0 spiro atoms. The van der Waals surface area contributed by atoms with Crippen molar-refractivity contribution in [1.82, 2.24) is 10.9 Å². The van der Waals surface area contributed by atoms with Gasteiger partial charge in [-0.25, -0.2) is 4.39 Å². The number of para-hydroxylation sites is 3. The van der Waals surface area contributed by atoms with Crippen LogP contribution in [0, 0.1) is 5.82 Å². The van der Waals surface area contributed by atoms with Crippen LogP contribution in [-0.2, 0) is 9.59 Å². The van der Waals surface area contributed by atoms with Crippen molar-refractivity contribution < 1.29 is 28.2 Å². The van der Waals surface area contributed by atoms with Crippen molar-refractivity contribution in [3.8, 4) is 17.2 Å². The first-order chi connectivity index (χ1) is 13.5. The van der Waals surface area contributed by atoms with E-state index in [9.17, 15) is 14.0 Å². The molecule has 2 N–H and O–H groups in total. The minimum atomic E-state index is -1.01. The number of nitrogens with one attached hydrogen (secondary N) is 2. The molecule has 28 heavy (non-hydrogen) atoms. The van der Waals surface area contributed by atoms with E-state index < -0.39 is 23.7 Å². The number of ether oxygens (including phenoxy) is 3. The van der Waals surface area contributed by atoms with Crippen molar-refractivity contribution in [2.24, 2.45) is 0 Å². The van der Waals surface area contributed by atoms with Gasteiger partial charge in [-0.15, -0.1) is 0 Å². The van der Waals surface area contributed by atoms with Crippen molar-refractivity contribution in [2.75, 3.05) is 13.2 Å². The fraction of sp³-hybridized carbons (Fsp3) is 0.300. The minimum absolute atomic E-state index is 0.0523. The molecular formula is C20H23FN2O5. The largest absolute Gasteiger partial charge is 0.490 e. The fourth-order valence-corrected chi connectivity index (χ4v) is 2.10. The van der Waals surface area contributed by atoms with E-state index in [0.717, 1.165) is 6.42 Å². The van der Waals surface area contributed by atoms with Gasteiger partial charge < -0.3 is 14.2 Å². The zero-order valence-corrected chi connectivity index (χ0v) is 15.7. The standard InChI is InChI=1S/C20H23FN2O5/c1-3-12-26-17-10-6-7-11-18(17)27-13-19(24)22-23-20(25)14(2)28-16-9-5-4-8-15(16)21/h4-11,14H,3,12-13H2,1-2H3,(H,22,24)(H,23,25)/t14-/m0/s1. The van der Waals surface area contributed by atoms with Gasteiger partial charge in [0, 0.05) is 0 Å². The Labute approximate surface area is 162 Å². The molecule has 2 aromatic rings. The zero-order valence-electron chi connectivity index (χ0n) is 15.7. The quantitative estimate of drug-likeness (QED) is 0.643. The van der Waals surface area contributed by atoms with E-state index >= 15 is 0 Å². The highest BCUT2D eigenvalue weighted by molar-refractivity contribution is 5.85. The van der Waals surface area contributed by atoms with E-state index in [1.165, 1.54) is 25.1 Å². The van der Waals surface area contributed by atoms with Gasteiger partial charge in [-0.2, -0.15) is 0 Å². The third-order valence-corrected chi connectivity index (χ3v) is 3.50. The first kappa shape index (κ1) is 21.0. The van der Waals surface area contributed by atoms with Gasteiger partial charge in [0.2, 0.25) is 0 Å². The maximum atomic E-state index is 13.5. The van der Waals surface area contributed by atoms with Crippen molar-refractivity contribution in [3.63, 3.8) is 0 Å². The molecule has 0 radical (unpaired) electrons. The van der Waals surface area contributed by atoms with Crippen LogP contribution >= 0.6 is 0 Å². The Morgan fingerprint density at radius 1 is 0.964 bits per heavy atom. The average molecular weight is 390 g/mol. The van der Waals surface area contributed by atoms with Crippen LogP contribution in [0.1, 0.15) is 20.3 Å². The molecule has 2 rings (SSSR count). The molecule has 150 valence electrons. The van der Waals surface area contributed by atoms with Crippen LogP contribution in [0.3, 0.4) is 0 Å². The third-order valence-electron chi connectivity index (χ3n) is 3.50. The molecule has 2 amide bonds. The number of carbonyl (C=O) groups is 2. The summed E-state index contributed by atoms with van der Waals surface area (Å²) in [6, 6.07) is 12.7. The van der Waals surface area contributed by atoms with Crippen molar-refractivity contribution in [3.05, 3.63) is 54.3 Å². The lowest BCUT2D eigenvalue weighted by Gasteiger charge is -2.16. The van der Waals surface area contributed by atoms with Crippen LogP contribution in [0.5, 0.6) is 17.2 Å². The molecule has 0 aliphatic rings. The van der Waals surface area contributed by atoms with Crippen molar-refractivity contribution >= 4 is 11.8 Å². The van der Waals surface area contributed by atoms with E-state index in [0.29, 0.717) is 18.1 Å². The van der Waals surface area contributed by atoms with Gasteiger partial charge in [0.1, 0.15) is 0 Å². The number of halogens is 1. The Morgan fingerprint density at radius 3 is 2.21 bits per heavy atom. The van der Waals surface area contributed by atoms with Gasteiger partial charge in [0.05, 0.1) is 6.61 Å². The maximum Gasteiger partial charge on any atom is 0.279 e. The highest BCUT2D eigenvalue weighted by Crippen LogP contribution is 2.26. The van der Waals surface area contributed by atoms with E-state index in [2.05, 4.69) is 10.9 Å². The summed E-state index contributed by atoms with van der Waals surface area (Å²) >= 11 is 0. The molecule has 0 heterocycles. The Balaban J connectivity index is 1.78. The number of hydrogen-bond acceptors (Lipinski definition) is 5. The average Bonchev–Trinajstić information content (AvgIpc) is 2.71. The number of carbonyl (C=O) groups excluding carboxylic acids is 2. The monoisotopic (exact) mass is 390 g/mol. The van der Waals surface area contributed by atoms with Crippen LogP contribution in [0.15, 0.2) is 48.5 Å². The Kier molecular flexibility index (Phi) is 8.08. The van der Waals surface area contributed by atoms with Crippen LogP contribution in [0.25, 0.3) is 0 Å². The molecule has 0 saturated carbocycles. The Morgan fingerprint density at radius 2 is 1.57 bits per heavy atom. The molecule has 0 aliphatic carbocycles. The lowest BCUT2D eigenvalue weighted by atomic mass is 10.3. The number of amides is 2. The number of rotatable bonds is 9. The second-order valence-corrected chi connectivity index (χ2v) is 5.81. The molecule has 0 fully saturated rings. The SMILES string of the molecule is CCCOc1ccccc1OCC(=O)NNC(=O)[C@H](C)Oc1ccccc1F. The predicted octanol–water partition coefficient (Wildman–Crippen LogP) is 2.61. The van der Waals surface area contributed by atoms with E-state index in [-0.39, 0.29) is 12.4 Å². The molecule has 0 aliphatic heterocycles. The second-order valence-electron chi connectivity index (χ2n) is 5.81. The fourth-order valence-electron chi connectivity index (χ4n) is 2.10. The van der Waals surface area contributed by atoms with E-state index in [1.54, 1.807) is 30.3 Å². The Bertz CT molecular complexity index is 800. The molecular weight excluding hydrogens is 367 g/mol. The molecule has 7 nitrogen and oxygen atoms in total. The first-order valence-electron chi connectivity index (χ1n) is 8.85. The van der Waals surface area contributed by atoms with Gasteiger partial charge in [-0.05, 0) is 37.6 Å². The van der Waals surface area contributed by atoms with Gasteiger partial charge in [0.25, 0.3) is 11.8 Å². The number of benzene rings is 2. The number of hydrazine groups is 1. The summed E-state index contributed by atoms with van der Waals surface area (Å²) in [6.07, 6.45) is -0.171.